The maximum atomic E-state index is 11.8. The van der Waals surface area contributed by atoms with E-state index in [-0.39, 0.29) is 17.4 Å². The van der Waals surface area contributed by atoms with E-state index in [0.717, 1.165) is 19.3 Å². The van der Waals surface area contributed by atoms with Crippen molar-refractivity contribution < 1.29 is 4.79 Å². The maximum Gasteiger partial charge on any atom is 0.240 e. The van der Waals surface area contributed by atoms with Gasteiger partial charge in [0.1, 0.15) is 5.41 Å². The molecule has 0 saturated heterocycles. The van der Waals surface area contributed by atoms with Crippen LogP contribution in [0.25, 0.3) is 0 Å². The van der Waals surface area contributed by atoms with Crippen LogP contribution in [-0.2, 0) is 4.79 Å². The van der Waals surface area contributed by atoms with Gasteiger partial charge in [0, 0.05) is 6.04 Å². The van der Waals surface area contributed by atoms with Crippen molar-refractivity contribution in [2.24, 2.45) is 10.8 Å². The fourth-order valence-corrected chi connectivity index (χ4v) is 1.74. The van der Waals surface area contributed by atoms with E-state index < -0.39 is 5.41 Å². The molecule has 0 bridgehead atoms. The average molecular weight is 208 g/mol. The number of hydrogen-bond acceptors (Lipinski definition) is 2. The lowest BCUT2D eigenvalue weighted by atomic mass is 9.85. The molecule has 0 heterocycles. The standard InChI is InChI=1S/C12H20N2O/c1-5-9(11(2,3)4)14-10(15)12(8-13)6-7-12/h9H,5-7H2,1-4H3,(H,14,15). The van der Waals surface area contributed by atoms with Crippen molar-refractivity contribution in [3.8, 4) is 6.07 Å². The van der Waals surface area contributed by atoms with E-state index in [1.807, 2.05) is 0 Å². The topological polar surface area (TPSA) is 52.9 Å². The second-order valence-electron chi connectivity index (χ2n) is 5.49. The second kappa shape index (κ2) is 3.84. The molecule has 3 heteroatoms. The van der Waals surface area contributed by atoms with Crippen LogP contribution in [0.4, 0.5) is 0 Å². The van der Waals surface area contributed by atoms with E-state index in [4.69, 9.17) is 5.26 Å². The van der Waals surface area contributed by atoms with Crippen LogP contribution < -0.4 is 5.32 Å². The summed E-state index contributed by atoms with van der Waals surface area (Å²) in [5.74, 6) is -0.0771. The van der Waals surface area contributed by atoms with Crippen LogP contribution in [0.3, 0.4) is 0 Å². The molecule has 0 aromatic heterocycles. The maximum absolute atomic E-state index is 11.8. The molecule has 0 spiro atoms. The van der Waals surface area contributed by atoms with Gasteiger partial charge in [-0.05, 0) is 24.7 Å². The number of nitrogens with one attached hydrogen (secondary N) is 1. The van der Waals surface area contributed by atoms with Crippen molar-refractivity contribution in [2.45, 2.75) is 53.0 Å². The molecule has 84 valence electrons. The Labute approximate surface area is 91.9 Å². The third kappa shape index (κ3) is 2.50. The van der Waals surface area contributed by atoms with Gasteiger partial charge in [0.25, 0.3) is 0 Å². The molecule has 1 aliphatic rings. The van der Waals surface area contributed by atoms with Crippen LogP contribution in [-0.4, -0.2) is 11.9 Å². The molecule has 0 aliphatic heterocycles. The molecular weight excluding hydrogens is 188 g/mol. The van der Waals surface area contributed by atoms with Gasteiger partial charge in [0.05, 0.1) is 6.07 Å². The average Bonchev–Trinajstić information content (AvgIpc) is 2.92. The van der Waals surface area contributed by atoms with Gasteiger partial charge in [-0.1, -0.05) is 27.7 Å². The molecule has 1 saturated carbocycles. The van der Waals surface area contributed by atoms with Gasteiger partial charge in [0.2, 0.25) is 5.91 Å². The van der Waals surface area contributed by atoms with E-state index in [0.29, 0.717) is 0 Å². The molecule has 1 aliphatic carbocycles. The monoisotopic (exact) mass is 208 g/mol. The molecule has 0 radical (unpaired) electrons. The molecule has 1 atom stereocenters. The Morgan fingerprint density at radius 3 is 2.33 bits per heavy atom. The summed E-state index contributed by atoms with van der Waals surface area (Å²) in [5, 5.41) is 11.9. The van der Waals surface area contributed by atoms with E-state index >= 15 is 0 Å². The van der Waals surface area contributed by atoms with Crippen molar-refractivity contribution in [1.29, 1.82) is 5.26 Å². The summed E-state index contributed by atoms with van der Waals surface area (Å²) in [6, 6.07) is 2.27. The number of rotatable bonds is 3. The lowest BCUT2D eigenvalue weighted by Crippen LogP contribution is -2.46. The SMILES string of the molecule is CCC(NC(=O)C1(C#N)CC1)C(C)(C)C. The van der Waals surface area contributed by atoms with Crippen LogP contribution in [0.15, 0.2) is 0 Å². The van der Waals surface area contributed by atoms with Crippen LogP contribution >= 0.6 is 0 Å². The van der Waals surface area contributed by atoms with Gasteiger partial charge in [0.15, 0.2) is 0 Å². The van der Waals surface area contributed by atoms with Crippen LogP contribution in [0.1, 0.15) is 47.0 Å². The highest BCUT2D eigenvalue weighted by atomic mass is 16.2. The minimum Gasteiger partial charge on any atom is -0.351 e. The van der Waals surface area contributed by atoms with Crippen molar-refractivity contribution in [1.82, 2.24) is 5.32 Å². The van der Waals surface area contributed by atoms with Crippen LogP contribution in [0.5, 0.6) is 0 Å². The smallest absolute Gasteiger partial charge is 0.240 e. The fourth-order valence-electron chi connectivity index (χ4n) is 1.74. The van der Waals surface area contributed by atoms with Crippen molar-refractivity contribution in [3.63, 3.8) is 0 Å². The highest BCUT2D eigenvalue weighted by Gasteiger charge is 2.51. The van der Waals surface area contributed by atoms with Gasteiger partial charge < -0.3 is 5.32 Å². The highest BCUT2D eigenvalue weighted by molar-refractivity contribution is 5.88. The molecule has 15 heavy (non-hydrogen) atoms. The normalized spacial score (nSPS) is 20.2. The van der Waals surface area contributed by atoms with Crippen molar-refractivity contribution in [2.75, 3.05) is 0 Å². The summed E-state index contributed by atoms with van der Waals surface area (Å²) < 4.78 is 0. The molecule has 1 N–H and O–H groups in total. The Kier molecular flexibility index (Phi) is 3.08. The second-order valence-corrected chi connectivity index (χ2v) is 5.49. The first kappa shape index (κ1) is 12.0. The number of hydrogen-bond donors (Lipinski definition) is 1. The third-order valence-electron chi connectivity index (χ3n) is 3.16. The van der Waals surface area contributed by atoms with Gasteiger partial charge in [-0.25, -0.2) is 0 Å². The third-order valence-corrected chi connectivity index (χ3v) is 3.16. The van der Waals surface area contributed by atoms with E-state index in [9.17, 15) is 4.79 Å². The number of nitrogens with zero attached hydrogens (tertiary/aromatic N) is 1. The Morgan fingerprint density at radius 2 is 2.07 bits per heavy atom. The van der Waals surface area contributed by atoms with E-state index in [1.54, 1.807) is 0 Å². The van der Waals surface area contributed by atoms with Crippen LogP contribution in [0.2, 0.25) is 0 Å². The summed E-state index contributed by atoms with van der Waals surface area (Å²) in [5.41, 5.74) is -0.644. The zero-order valence-electron chi connectivity index (χ0n) is 10.1. The molecule has 0 aromatic rings. The minimum atomic E-state index is -0.696. The Morgan fingerprint density at radius 1 is 1.53 bits per heavy atom. The quantitative estimate of drug-likeness (QED) is 0.773. The van der Waals surface area contributed by atoms with Crippen LogP contribution in [0, 0.1) is 22.2 Å². The summed E-state index contributed by atoms with van der Waals surface area (Å²) >= 11 is 0. The fraction of sp³-hybridized carbons (Fsp3) is 0.833. The minimum absolute atomic E-state index is 0.0515. The molecular formula is C12H20N2O. The summed E-state index contributed by atoms with van der Waals surface area (Å²) in [6.45, 7) is 8.37. The molecule has 1 fully saturated rings. The Balaban J connectivity index is 2.62. The summed E-state index contributed by atoms with van der Waals surface area (Å²) in [7, 11) is 0. The van der Waals surface area contributed by atoms with Gasteiger partial charge in [-0.3, -0.25) is 4.79 Å². The predicted molar refractivity (Wildman–Crippen MR) is 59.0 cm³/mol. The number of amides is 1. The first-order valence-corrected chi connectivity index (χ1v) is 5.58. The largest absolute Gasteiger partial charge is 0.351 e. The van der Waals surface area contributed by atoms with E-state index in [1.165, 1.54) is 0 Å². The zero-order valence-corrected chi connectivity index (χ0v) is 10.1. The molecule has 0 aromatic carbocycles. The first-order valence-electron chi connectivity index (χ1n) is 5.58. The summed E-state index contributed by atoms with van der Waals surface area (Å²) in [4.78, 5) is 11.8. The molecule has 1 unspecified atom stereocenters. The Bertz CT molecular complexity index is 292. The highest BCUT2D eigenvalue weighted by Crippen LogP contribution is 2.45. The van der Waals surface area contributed by atoms with Crippen molar-refractivity contribution in [3.05, 3.63) is 0 Å². The Hall–Kier alpha value is -1.04. The van der Waals surface area contributed by atoms with Gasteiger partial charge >= 0.3 is 0 Å². The summed E-state index contributed by atoms with van der Waals surface area (Å²) in [6.07, 6.45) is 2.34. The number of carbonyl (C=O) groups excluding carboxylic acids is 1. The number of carbonyl (C=O) groups is 1. The lowest BCUT2D eigenvalue weighted by molar-refractivity contribution is -0.126. The van der Waals surface area contributed by atoms with Gasteiger partial charge in [-0.15, -0.1) is 0 Å². The molecule has 1 amide bonds. The predicted octanol–water partition coefficient (Wildman–Crippen LogP) is 2.23. The van der Waals surface area contributed by atoms with E-state index in [2.05, 4.69) is 39.1 Å². The zero-order chi connectivity index (χ0) is 11.7. The molecule has 3 nitrogen and oxygen atoms in total. The number of nitriles is 1. The van der Waals surface area contributed by atoms with Crippen molar-refractivity contribution >= 4 is 5.91 Å². The first-order chi connectivity index (χ1) is 6.85. The lowest BCUT2D eigenvalue weighted by Gasteiger charge is -2.31. The van der Waals surface area contributed by atoms with Gasteiger partial charge in [-0.2, -0.15) is 5.26 Å². The molecule has 1 rings (SSSR count).